The molecule has 1 heterocycles. The standard InChI is InChI=1S/C11H8Cl2O4/c12-11(13)8(9(11)10(14)15)6-2-1-5-3-7(6)17-4-16-5/h1-3,8-9H,4H2,(H,14,15). The summed E-state index contributed by atoms with van der Waals surface area (Å²) in [6, 6.07) is 5.21. The fourth-order valence-electron chi connectivity index (χ4n) is 2.17. The molecule has 1 fully saturated rings. The molecule has 2 bridgehead atoms. The van der Waals surface area contributed by atoms with Gasteiger partial charge >= 0.3 is 5.97 Å². The van der Waals surface area contributed by atoms with Gasteiger partial charge in [0.1, 0.15) is 21.8 Å². The second kappa shape index (κ2) is 3.43. The van der Waals surface area contributed by atoms with E-state index in [9.17, 15) is 4.79 Å². The fourth-order valence-corrected chi connectivity index (χ4v) is 2.97. The van der Waals surface area contributed by atoms with Crippen LogP contribution in [0.3, 0.4) is 0 Å². The molecule has 4 nitrogen and oxygen atoms in total. The Morgan fingerprint density at radius 1 is 1.41 bits per heavy atom. The van der Waals surface area contributed by atoms with Gasteiger partial charge in [0.05, 0.1) is 0 Å². The van der Waals surface area contributed by atoms with Crippen LogP contribution < -0.4 is 9.47 Å². The van der Waals surface area contributed by atoms with E-state index in [0.29, 0.717) is 11.5 Å². The molecule has 17 heavy (non-hydrogen) atoms. The smallest absolute Gasteiger partial charge is 0.310 e. The molecule has 2 unspecified atom stereocenters. The lowest BCUT2D eigenvalue weighted by atomic mass is 10.1. The number of carboxylic acids is 1. The number of aliphatic carboxylic acids is 1. The van der Waals surface area contributed by atoms with Gasteiger partial charge in [-0.3, -0.25) is 4.79 Å². The average Bonchev–Trinajstić information content (AvgIpc) is 2.82. The van der Waals surface area contributed by atoms with Gasteiger partial charge in [0.15, 0.2) is 0 Å². The van der Waals surface area contributed by atoms with Crippen molar-refractivity contribution in [1.29, 1.82) is 0 Å². The zero-order valence-corrected chi connectivity index (χ0v) is 10.0. The number of fused-ring (bicyclic) bond motifs is 2. The first-order valence-corrected chi connectivity index (χ1v) is 5.77. The largest absolute Gasteiger partial charge is 0.481 e. The number of rotatable bonds is 2. The SMILES string of the molecule is O=C(O)C1C(c2ccc3cc2OCO3)C1(Cl)Cl. The lowest BCUT2D eigenvalue weighted by Crippen LogP contribution is -2.12. The van der Waals surface area contributed by atoms with Crippen LogP contribution in [0.5, 0.6) is 11.5 Å². The maximum absolute atomic E-state index is 11.0. The molecule has 2 atom stereocenters. The minimum Gasteiger partial charge on any atom is -0.481 e. The molecule has 1 aromatic rings. The van der Waals surface area contributed by atoms with Gasteiger partial charge in [-0.1, -0.05) is 29.3 Å². The van der Waals surface area contributed by atoms with Crippen LogP contribution in [0.15, 0.2) is 18.2 Å². The number of carboxylic acid groups (broad SMARTS) is 1. The minimum atomic E-state index is -1.26. The van der Waals surface area contributed by atoms with E-state index in [1.807, 2.05) is 0 Å². The third-order valence-electron chi connectivity index (χ3n) is 3.08. The number of benzene rings is 1. The summed E-state index contributed by atoms with van der Waals surface area (Å²) in [6.07, 6.45) is 0. The van der Waals surface area contributed by atoms with Gasteiger partial charge in [0.25, 0.3) is 0 Å². The Labute approximate surface area is 107 Å². The van der Waals surface area contributed by atoms with E-state index in [1.54, 1.807) is 18.2 Å². The summed E-state index contributed by atoms with van der Waals surface area (Å²) in [5, 5.41) is 9.02. The summed E-state index contributed by atoms with van der Waals surface area (Å²) in [5.74, 6) is -0.946. The summed E-state index contributed by atoms with van der Waals surface area (Å²) in [5.41, 5.74) is 0.717. The minimum absolute atomic E-state index is 0.122. The Morgan fingerprint density at radius 2 is 2.18 bits per heavy atom. The third kappa shape index (κ3) is 1.55. The van der Waals surface area contributed by atoms with Crippen molar-refractivity contribution in [3.8, 4) is 11.5 Å². The van der Waals surface area contributed by atoms with Crippen LogP contribution in [0.1, 0.15) is 11.5 Å². The number of halogens is 2. The Balaban J connectivity index is 1.99. The quantitative estimate of drug-likeness (QED) is 0.842. The van der Waals surface area contributed by atoms with Crippen LogP contribution in [0.4, 0.5) is 0 Å². The Morgan fingerprint density at radius 3 is 2.82 bits per heavy atom. The first-order chi connectivity index (χ1) is 8.01. The van der Waals surface area contributed by atoms with Crippen molar-refractivity contribution >= 4 is 29.2 Å². The van der Waals surface area contributed by atoms with Crippen molar-refractivity contribution in [2.75, 3.05) is 6.79 Å². The highest BCUT2D eigenvalue weighted by Crippen LogP contribution is 2.66. The second-order valence-corrected chi connectivity index (χ2v) is 5.52. The summed E-state index contributed by atoms with van der Waals surface area (Å²) in [4.78, 5) is 11.0. The summed E-state index contributed by atoms with van der Waals surface area (Å²) in [7, 11) is 0. The van der Waals surface area contributed by atoms with E-state index in [4.69, 9.17) is 37.8 Å². The zero-order valence-electron chi connectivity index (χ0n) is 8.52. The number of hydrogen-bond donors (Lipinski definition) is 1. The van der Waals surface area contributed by atoms with Crippen molar-refractivity contribution in [2.24, 2.45) is 5.92 Å². The first-order valence-electron chi connectivity index (χ1n) is 5.02. The van der Waals surface area contributed by atoms with E-state index in [1.165, 1.54) is 0 Å². The predicted molar refractivity (Wildman–Crippen MR) is 60.9 cm³/mol. The molecule has 0 saturated heterocycles. The fraction of sp³-hybridized carbons (Fsp3) is 0.364. The molecule has 0 radical (unpaired) electrons. The average molecular weight is 275 g/mol. The molecule has 1 saturated carbocycles. The number of alkyl halides is 2. The van der Waals surface area contributed by atoms with Crippen molar-refractivity contribution in [1.82, 2.24) is 0 Å². The van der Waals surface area contributed by atoms with E-state index >= 15 is 0 Å². The number of hydrogen-bond acceptors (Lipinski definition) is 3. The predicted octanol–water partition coefficient (Wildman–Crippen LogP) is 2.39. The highest BCUT2D eigenvalue weighted by Gasteiger charge is 2.68. The normalized spacial score (nSPS) is 27.9. The van der Waals surface area contributed by atoms with Gasteiger partial charge in [0.2, 0.25) is 6.79 Å². The molecule has 0 amide bonds. The summed E-state index contributed by atoms with van der Waals surface area (Å²) < 4.78 is 9.20. The van der Waals surface area contributed by atoms with Crippen LogP contribution in [0.25, 0.3) is 0 Å². The van der Waals surface area contributed by atoms with Crippen LogP contribution in [0, 0.1) is 5.92 Å². The summed E-state index contributed by atoms with van der Waals surface area (Å²) in [6.45, 7) is 0.122. The molecule has 0 spiro atoms. The van der Waals surface area contributed by atoms with Crippen molar-refractivity contribution in [3.05, 3.63) is 23.8 Å². The maximum Gasteiger partial charge on any atom is 0.310 e. The van der Waals surface area contributed by atoms with E-state index in [-0.39, 0.29) is 6.79 Å². The molecule has 1 aliphatic carbocycles. The molecule has 6 heteroatoms. The highest BCUT2D eigenvalue weighted by molar-refractivity contribution is 6.53. The van der Waals surface area contributed by atoms with Crippen molar-refractivity contribution in [2.45, 2.75) is 10.3 Å². The molecule has 1 aliphatic heterocycles. The van der Waals surface area contributed by atoms with Crippen molar-refractivity contribution in [3.63, 3.8) is 0 Å². The van der Waals surface area contributed by atoms with Crippen molar-refractivity contribution < 1.29 is 19.4 Å². The molecule has 2 aliphatic rings. The van der Waals surface area contributed by atoms with Gasteiger partial charge in [-0.15, -0.1) is 0 Å². The second-order valence-electron chi connectivity index (χ2n) is 4.07. The lowest BCUT2D eigenvalue weighted by molar-refractivity contribution is -0.138. The monoisotopic (exact) mass is 274 g/mol. The van der Waals surface area contributed by atoms with Crippen LogP contribution in [-0.4, -0.2) is 22.2 Å². The molecular formula is C11H8Cl2O4. The molecule has 3 rings (SSSR count). The summed E-state index contributed by atoms with van der Waals surface area (Å²) >= 11 is 12.0. The molecular weight excluding hydrogens is 267 g/mol. The Hall–Kier alpha value is -1.13. The van der Waals surface area contributed by atoms with Crippen LogP contribution in [-0.2, 0) is 4.79 Å². The molecule has 1 N–H and O–H groups in total. The molecule has 1 aromatic carbocycles. The number of ether oxygens (including phenoxy) is 2. The van der Waals surface area contributed by atoms with Gasteiger partial charge in [-0.2, -0.15) is 0 Å². The van der Waals surface area contributed by atoms with E-state index in [0.717, 1.165) is 5.56 Å². The third-order valence-corrected chi connectivity index (χ3v) is 4.02. The van der Waals surface area contributed by atoms with Gasteiger partial charge in [-0.25, -0.2) is 0 Å². The zero-order chi connectivity index (χ0) is 12.2. The molecule has 90 valence electrons. The highest BCUT2D eigenvalue weighted by atomic mass is 35.5. The van der Waals surface area contributed by atoms with Crippen LogP contribution in [0.2, 0.25) is 0 Å². The van der Waals surface area contributed by atoms with E-state index in [2.05, 4.69) is 0 Å². The maximum atomic E-state index is 11.0. The van der Waals surface area contributed by atoms with Gasteiger partial charge in [0, 0.05) is 17.5 Å². The topological polar surface area (TPSA) is 55.8 Å². The Bertz CT molecular complexity index is 500. The molecule has 0 aromatic heterocycles. The van der Waals surface area contributed by atoms with E-state index < -0.39 is 22.1 Å². The lowest BCUT2D eigenvalue weighted by Gasteiger charge is -2.18. The first kappa shape index (κ1) is 11.0. The Kier molecular flexibility index (Phi) is 2.22. The van der Waals surface area contributed by atoms with Gasteiger partial charge in [-0.05, 0) is 6.07 Å². The van der Waals surface area contributed by atoms with Gasteiger partial charge < -0.3 is 14.6 Å². The van der Waals surface area contributed by atoms with Crippen LogP contribution >= 0.6 is 23.2 Å². The number of carbonyl (C=O) groups is 1.